The molecule has 0 saturated heterocycles. The third kappa shape index (κ3) is 26.0. The largest absolute Gasteiger partial charge is 1.00 e. The van der Waals surface area contributed by atoms with Crippen molar-refractivity contribution in [3.8, 4) is 0 Å². The van der Waals surface area contributed by atoms with Crippen molar-refractivity contribution in [2.45, 2.75) is 187 Å². The molecular weight excluding hydrogens is 562 g/mol. The monoisotopic (exact) mass is 635 g/mol. The van der Waals surface area contributed by atoms with Crippen LogP contribution < -0.4 is 17.0 Å². The average Bonchev–Trinajstić information content (AvgIpc) is 2.94. The zero-order chi connectivity index (χ0) is 28.9. The van der Waals surface area contributed by atoms with Gasteiger partial charge in [0.2, 0.25) is 6.23 Å². The quantitative estimate of drug-likeness (QED) is 0.0482. The summed E-state index contributed by atoms with van der Waals surface area (Å²) in [6.45, 7) is 9.25. The van der Waals surface area contributed by atoms with E-state index < -0.39 is 0 Å². The number of hydrogen-bond donors (Lipinski definition) is 1. The first-order valence-corrected chi connectivity index (χ1v) is 17.7. The maximum atomic E-state index is 10.1. The summed E-state index contributed by atoms with van der Waals surface area (Å²) in [5, 5.41) is 10.1. The molecule has 0 rings (SSSR count). The van der Waals surface area contributed by atoms with Crippen molar-refractivity contribution in [3.63, 3.8) is 0 Å². The standard InChI is InChI=1S/C35H74NO3.BrH/c1-6-9-11-13-15-17-19-21-23-25-27-29-31-38-34(33-37)35(36(4,5)8-3)39-32-30-28-26-24-22-20-18-16-14-12-10-7-2;/h34-35,37H,6-33H2,1-5H3;1H/q+1;/p-1. The third-order valence-electron chi connectivity index (χ3n) is 8.62. The Kier molecular flexibility index (Phi) is 34.2. The SMILES string of the molecule is CCCCCCCCCCCCCCOC(CO)C(OCCCCCCCCCCCCCC)[N+](C)(C)CC.[Br-]. The van der Waals surface area contributed by atoms with E-state index in [2.05, 4.69) is 34.9 Å². The van der Waals surface area contributed by atoms with Crippen molar-refractivity contribution in [2.75, 3.05) is 40.5 Å². The van der Waals surface area contributed by atoms with Gasteiger partial charge in [-0.2, -0.15) is 0 Å². The van der Waals surface area contributed by atoms with Crippen LogP contribution in [0.15, 0.2) is 0 Å². The second-order valence-electron chi connectivity index (χ2n) is 12.7. The van der Waals surface area contributed by atoms with Gasteiger partial charge < -0.3 is 36.0 Å². The fourth-order valence-corrected chi connectivity index (χ4v) is 5.49. The number of aliphatic hydroxyl groups is 1. The minimum atomic E-state index is -0.245. The Balaban J connectivity index is 0. The second kappa shape index (κ2) is 32.2. The minimum Gasteiger partial charge on any atom is -1.00 e. The molecule has 5 heteroatoms. The molecule has 0 aromatic rings. The summed E-state index contributed by atoms with van der Waals surface area (Å²) in [7, 11) is 4.39. The summed E-state index contributed by atoms with van der Waals surface area (Å²) in [5.74, 6) is 0. The molecule has 0 aliphatic carbocycles. The summed E-state index contributed by atoms with van der Waals surface area (Å²) >= 11 is 0. The normalized spacial score (nSPS) is 13.3. The van der Waals surface area contributed by atoms with E-state index in [4.69, 9.17) is 9.47 Å². The summed E-state index contributed by atoms with van der Waals surface area (Å²) in [6, 6.07) is 0. The predicted octanol–water partition coefficient (Wildman–Crippen LogP) is 7.21. The average molecular weight is 637 g/mol. The predicted molar refractivity (Wildman–Crippen MR) is 171 cm³/mol. The van der Waals surface area contributed by atoms with Gasteiger partial charge in [0.1, 0.15) is 0 Å². The number of ether oxygens (including phenoxy) is 2. The lowest BCUT2D eigenvalue weighted by atomic mass is 10.1. The topological polar surface area (TPSA) is 38.7 Å². The molecule has 0 heterocycles. The number of likely N-dealkylation sites (N-methyl/N-ethyl adjacent to an activating group) is 1. The first kappa shape index (κ1) is 42.5. The Labute approximate surface area is 263 Å². The Morgan fingerprint density at radius 2 is 0.775 bits per heavy atom. The van der Waals surface area contributed by atoms with Crippen LogP contribution in [-0.4, -0.2) is 62.4 Å². The van der Waals surface area contributed by atoms with E-state index in [0.717, 1.165) is 37.1 Å². The highest BCUT2D eigenvalue weighted by molar-refractivity contribution is 4.63. The summed E-state index contributed by atoms with van der Waals surface area (Å²) < 4.78 is 13.3. The summed E-state index contributed by atoms with van der Waals surface area (Å²) in [4.78, 5) is 0. The van der Waals surface area contributed by atoms with Crippen LogP contribution in [0.3, 0.4) is 0 Å². The van der Waals surface area contributed by atoms with Crippen molar-refractivity contribution >= 4 is 0 Å². The molecule has 2 unspecified atom stereocenters. The lowest BCUT2D eigenvalue weighted by Crippen LogP contribution is -3.00. The molecule has 0 saturated carbocycles. The van der Waals surface area contributed by atoms with Gasteiger partial charge in [0.15, 0.2) is 6.10 Å². The number of rotatable bonds is 32. The maximum Gasteiger partial charge on any atom is 0.221 e. The number of quaternary nitrogens is 1. The molecule has 2 atom stereocenters. The fourth-order valence-electron chi connectivity index (χ4n) is 5.49. The van der Waals surface area contributed by atoms with E-state index in [-0.39, 0.29) is 35.9 Å². The van der Waals surface area contributed by atoms with Gasteiger partial charge in [-0.3, -0.25) is 0 Å². The van der Waals surface area contributed by atoms with E-state index in [1.807, 2.05) is 0 Å². The van der Waals surface area contributed by atoms with E-state index >= 15 is 0 Å². The number of halogens is 1. The molecule has 0 radical (unpaired) electrons. The highest BCUT2D eigenvalue weighted by atomic mass is 79.9. The van der Waals surface area contributed by atoms with E-state index in [0.29, 0.717) is 0 Å². The Morgan fingerprint density at radius 3 is 1.07 bits per heavy atom. The van der Waals surface area contributed by atoms with E-state index in [1.54, 1.807) is 0 Å². The van der Waals surface area contributed by atoms with Gasteiger partial charge in [-0.15, -0.1) is 0 Å². The van der Waals surface area contributed by atoms with Crippen LogP contribution in [0, 0.1) is 0 Å². The Bertz CT molecular complexity index is 478. The van der Waals surface area contributed by atoms with E-state index in [9.17, 15) is 5.11 Å². The summed E-state index contributed by atoms with van der Waals surface area (Å²) in [6.07, 6.45) is 32.1. The van der Waals surface area contributed by atoms with Crippen molar-refractivity contribution in [1.82, 2.24) is 0 Å². The lowest BCUT2D eigenvalue weighted by molar-refractivity contribution is -0.940. The van der Waals surface area contributed by atoms with Crippen molar-refractivity contribution in [1.29, 1.82) is 0 Å². The van der Waals surface area contributed by atoms with Gasteiger partial charge in [-0.05, 0) is 19.8 Å². The number of hydrogen-bond acceptors (Lipinski definition) is 3. The highest BCUT2D eigenvalue weighted by Gasteiger charge is 2.36. The van der Waals surface area contributed by atoms with Crippen LogP contribution in [0.4, 0.5) is 0 Å². The van der Waals surface area contributed by atoms with Crippen molar-refractivity contribution in [3.05, 3.63) is 0 Å². The van der Waals surface area contributed by atoms with Gasteiger partial charge in [-0.25, -0.2) is 0 Å². The van der Waals surface area contributed by atoms with Gasteiger partial charge in [0, 0.05) is 6.61 Å². The van der Waals surface area contributed by atoms with Crippen LogP contribution >= 0.6 is 0 Å². The first-order chi connectivity index (χ1) is 19.0. The van der Waals surface area contributed by atoms with Crippen LogP contribution in [0.1, 0.15) is 175 Å². The molecule has 0 aromatic heterocycles. The molecule has 244 valence electrons. The molecule has 1 N–H and O–H groups in total. The smallest absolute Gasteiger partial charge is 0.221 e. The molecule has 0 bridgehead atoms. The van der Waals surface area contributed by atoms with Crippen LogP contribution in [-0.2, 0) is 9.47 Å². The lowest BCUT2D eigenvalue weighted by Gasteiger charge is -2.40. The highest BCUT2D eigenvalue weighted by Crippen LogP contribution is 2.18. The van der Waals surface area contributed by atoms with Crippen molar-refractivity contribution < 1.29 is 36.0 Å². The molecule has 0 spiro atoms. The second-order valence-corrected chi connectivity index (χ2v) is 12.7. The fraction of sp³-hybridized carbons (Fsp3) is 1.00. The Morgan fingerprint density at radius 1 is 0.475 bits per heavy atom. The zero-order valence-corrected chi connectivity index (χ0v) is 29.6. The molecule has 0 amide bonds. The van der Waals surface area contributed by atoms with E-state index in [1.165, 1.54) is 141 Å². The molecular formula is C35H74BrNO3. The molecule has 0 aliphatic heterocycles. The maximum absolute atomic E-state index is 10.1. The van der Waals surface area contributed by atoms with Gasteiger partial charge in [-0.1, -0.05) is 155 Å². The molecule has 0 aliphatic rings. The third-order valence-corrected chi connectivity index (χ3v) is 8.62. The molecule has 40 heavy (non-hydrogen) atoms. The Hall–Kier alpha value is 0.320. The first-order valence-electron chi connectivity index (χ1n) is 17.7. The van der Waals surface area contributed by atoms with Gasteiger partial charge in [0.05, 0.1) is 33.9 Å². The van der Waals surface area contributed by atoms with Crippen LogP contribution in [0.2, 0.25) is 0 Å². The van der Waals surface area contributed by atoms with Crippen LogP contribution in [0.5, 0.6) is 0 Å². The minimum absolute atomic E-state index is 0. The molecule has 0 fully saturated rings. The van der Waals surface area contributed by atoms with Gasteiger partial charge >= 0.3 is 0 Å². The number of nitrogens with zero attached hydrogens (tertiary/aromatic N) is 1. The molecule has 0 aromatic carbocycles. The van der Waals surface area contributed by atoms with Gasteiger partial charge in [0.25, 0.3) is 0 Å². The van der Waals surface area contributed by atoms with Crippen molar-refractivity contribution in [2.24, 2.45) is 0 Å². The van der Waals surface area contributed by atoms with Crippen LogP contribution in [0.25, 0.3) is 0 Å². The number of unbranched alkanes of at least 4 members (excludes halogenated alkanes) is 22. The summed E-state index contributed by atoms with van der Waals surface area (Å²) in [5.41, 5.74) is 0. The molecule has 4 nitrogen and oxygen atoms in total. The number of aliphatic hydroxyl groups excluding tert-OH is 1. The zero-order valence-electron chi connectivity index (χ0n) is 28.0.